The first-order valence-corrected chi connectivity index (χ1v) is 8.55. The normalized spacial score (nSPS) is 21.1. The number of hydrogen-bond acceptors (Lipinski definition) is 4. The highest BCUT2D eigenvalue weighted by atomic mass is 16.3. The van der Waals surface area contributed by atoms with Crippen LogP contribution in [0.25, 0.3) is 22.3 Å². The Balaban J connectivity index is 1.58. The standard InChI is InChI=1S/C19H22N4O/c1-12-4-2-3-5-15(12)16-10-17-18(22-16)11-20-19(23-17)21-13-6-8-14(24)9-7-13/h2-5,10-11,13-14,22,24H,6-9H2,1H3,(H,20,21,23)/t13-,14-. The lowest BCUT2D eigenvalue weighted by atomic mass is 9.93. The Labute approximate surface area is 141 Å². The molecule has 1 fully saturated rings. The van der Waals surface area contributed by atoms with Gasteiger partial charge in [0, 0.05) is 17.3 Å². The summed E-state index contributed by atoms with van der Waals surface area (Å²) >= 11 is 0. The molecule has 1 aromatic carbocycles. The number of nitrogens with zero attached hydrogens (tertiary/aromatic N) is 2. The molecule has 0 saturated heterocycles. The average Bonchev–Trinajstić information content (AvgIpc) is 3.00. The summed E-state index contributed by atoms with van der Waals surface area (Å²) in [5, 5.41) is 13.0. The van der Waals surface area contributed by atoms with Gasteiger partial charge in [-0.15, -0.1) is 0 Å². The number of H-pyrrole nitrogens is 1. The van der Waals surface area contributed by atoms with Gasteiger partial charge in [-0.3, -0.25) is 0 Å². The molecule has 3 N–H and O–H groups in total. The summed E-state index contributed by atoms with van der Waals surface area (Å²) < 4.78 is 0. The molecular weight excluding hydrogens is 300 g/mol. The van der Waals surface area contributed by atoms with Crippen LogP contribution in [0.2, 0.25) is 0 Å². The first-order valence-electron chi connectivity index (χ1n) is 8.55. The fourth-order valence-corrected chi connectivity index (χ4v) is 3.41. The molecule has 2 heterocycles. The van der Waals surface area contributed by atoms with Crippen molar-refractivity contribution in [2.45, 2.75) is 44.8 Å². The number of aryl methyl sites for hydroxylation is 1. The van der Waals surface area contributed by atoms with Gasteiger partial charge in [-0.1, -0.05) is 24.3 Å². The van der Waals surface area contributed by atoms with Crippen LogP contribution in [-0.4, -0.2) is 32.2 Å². The monoisotopic (exact) mass is 322 g/mol. The molecular formula is C19H22N4O. The van der Waals surface area contributed by atoms with Gasteiger partial charge in [0.2, 0.25) is 5.95 Å². The topological polar surface area (TPSA) is 73.8 Å². The van der Waals surface area contributed by atoms with Crippen LogP contribution >= 0.6 is 0 Å². The number of aromatic nitrogens is 3. The van der Waals surface area contributed by atoms with E-state index >= 15 is 0 Å². The number of rotatable bonds is 3. The predicted molar refractivity (Wildman–Crippen MR) is 95.9 cm³/mol. The minimum Gasteiger partial charge on any atom is -0.393 e. The van der Waals surface area contributed by atoms with Crippen LogP contribution in [0.5, 0.6) is 0 Å². The highest BCUT2D eigenvalue weighted by molar-refractivity contribution is 5.83. The number of fused-ring (bicyclic) bond motifs is 1. The third kappa shape index (κ3) is 2.99. The second kappa shape index (κ2) is 6.24. The zero-order valence-electron chi connectivity index (χ0n) is 13.8. The highest BCUT2D eigenvalue weighted by Gasteiger charge is 2.20. The summed E-state index contributed by atoms with van der Waals surface area (Å²) in [6, 6.07) is 10.7. The second-order valence-electron chi connectivity index (χ2n) is 6.64. The Morgan fingerprint density at radius 2 is 1.96 bits per heavy atom. The van der Waals surface area contributed by atoms with E-state index in [1.165, 1.54) is 11.1 Å². The summed E-state index contributed by atoms with van der Waals surface area (Å²) in [5.41, 5.74) is 5.34. The molecule has 0 spiro atoms. The van der Waals surface area contributed by atoms with Crippen molar-refractivity contribution in [1.82, 2.24) is 15.0 Å². The predicted octanol–water partition coefficient (Wildman–Crippen LogP) is 3.65. The summed E-state index contributed by atoms with van der Waals surface area (Å²) in [5.74, 6) is 0.666. The maximum absolute atomic E-state index is 9.60. The zero-order valence-corrected chi connectivity index (χ0v) is 13.8. The van der Waals surface area contributed by atoms with Gasteiger partial charge in [-0.2, -0.15) is 0 Å². The highest BCUT2D eigenvalue weighted by Crippen LogP contribution is 2.26. The lowest BCUT2D eigenvalue weighted by molar-refractivity contribution is 0.126. The van der Waals surface area contributed by atoms with Gasteiger partial charge in [0.05, 0.1) is 23.3 Å². The number of benzene rings is 1. The van der Waals surface area contributed by atoms with Crippen molar-refractivity contribution in [2.75, 3.05) is 5.32 Å². The van der Waals surface area contributed by atoms with Crippen LogP contribution in [0.3, 0.4) is 0 Å². The van der Waals surface area contributed by atoms with Gasteiger partial charge in [0.1, 0.15) is 0 Å². The van der Waals surface area contributed by atoms with E-state index in [2.05, 4.69) is 45.4 Å². The fraction of sp³-hybridized carbons (Fsp3) is 0.368. The smallest absolute Gasteiger partial charge is 0.223 e. The molecule has 0 aliphatic heterocycles. The van der Waals surface area contributed by atoms with E-state index in [-0.39, 0.29) is 6.10 Å². The van der Waals surface area contributed by atoms with Crippen LogP contribution in [0.4, 0.5) is 5.95 Å². The summed E-state index contributed by atoms with van der Waals surface area (Å²) in [7, 11) is 0. The minimum atomic E-state index is -0.146. The minimum absolute atomic E-state index is 0.146. The summed E-state index contributed by atoms with van der Waals surface area (Å²) in [4.78, 5) is 12.5. The van der Waals surface area contributed by atoms with Gasteiger partial charge >= 0.3 is 0 Å². The lowest BCUT2D eigenvalue weighted by Gasteiger charge is -2.26. The third-order valence-electron chi connectivity index (χ3n) is 4.83. The molecule has 1 aliphatic rings. The molecule has 1 aliphatic carbocycles. The van der Waals surface area contributed by atoms with Crippen LogP contribution in [-0.2, 0) is 0 Å². The van der Waals surface area contributed by atoms with Crippen LogP contribution in [0.15, 0.2) is 36.5 Å². The first kappa shape index (κ1) is 15.1. The Morgan fingerprint density at radius 1 is 1.17 bits per heavy atom. The molecule has 24 heavy (non-hydrogen) atoms. The van der Waals surface area contributed by atoms with E-state index < -0.39 is 0 Å². The fourth-order valence-electron chi connectivity index (χ4n) is 3.41. The van der Waals surface area contributed by atoms with E-state index in [0.717, 1.165) is 42.4 Å². The van der Waals surface area contributed by atoms with Gasteiger partial charge in [-0.05, 0) is 44.2 Å². The average molecular weight is 322 g/mol. The number of aromatic amines is 1. The number of aliphatic hydroxyl groups is 1. The number of nitrogens with one attached hydrogen (secondary N) is 2. The molecule has 0 amide bonds. The van der Waals surface area contributed by atoms with E-state index in [1.54, 1.807) is 0 Å². The number of aliphatic hydroxyl groups excluding tert-OH is 1. The summed E-state index contributed by atoms with van der Waals surface area (Å²) in [6.45, 7) is 2.11. The third-order valence-corrected chi connectivity index (χ3v) is 4.83. The lowest BCUT2D eigenvalue weighted by Crippen LogP contribution is -2.28. The quantitative estimate of drug-likeness (QED) is 0.688. The Kier molecular flexibility index (Phi) is 3.94. The van der Waals surface area contributed by atoms with Crippen LogP contribution < -0.4 is 5.32 Å². The largest absolute Gasteiger partial charge is 0.393 e. The van der Waals surface area contributed by atoms with E-state index in [9.17, 15) is 5.11 Å². The Morgan fingerprint density at radius 3 is 2.75 bits per heavy atom. The molecule has 5 heteroatoms. The molecule has 2 aromatic heterocycles. The molecule has 3 aromatic rings. The van der Waals surface area contributed by atoms with Crippen molar-refractivity contribution in [3.8, 4) is 11.3 Å². The molecule has 0 unspecified atom stereocenters. The zero-order chi connectivity index (χ0) is 16.5. The van der Waals surface area contributed by atoms with Crippen molar-refractivity contribution in [3.05, 3.63) is 42.1 Å². The van der Waals surface area contributed by atoms with E-state index in [1.807, 2.05) is 18.3 Å². The van der Waals surface area contributed by atoms with Crippen molar-refractivity contribution in [1.29, 1.82) is 0 Å². The van der Waals surface area contributed by atoms with Crippen molar-refractivity contribution in [2.24, 2.45) is 0 Å². The second-order valence-corrected chi connectivity index (χ2v) is 6.64. The first-order chi connectivity index (χ1) is 11.7. The SMILES string of the molecule is Cc1ccccc1-c1cc2nc(N[C@H]3CC[C@H](O)CC3)ncc2[nH]1. The van der Waals surface area contributed by atoms with E-state index in [4.69, 9.17) is 0 Å². The van der Waals surface area contributed by atoms with E-state index in [0.29, 0.717) is 12.0 Å². The molecule has 1 saturated carbocycles. The maximum Gasteiger partial charge on any atom is 0.223 e. The number of hydrogen-bond donors (Lipinski definition) is 3. The summed E-state index contributed by atoms with van der Waals surface area (Å²) in [6.07, 6.45) is 5.31. The van der Waals surface area contributed by atoms with Gasteiger partial charge in [0.25, 0.3) is 0 Å². The van der Waals surface area contributed by atoms with Gasteiger partial charge in [-0.25, -0.2) is 9.97 Å². The van der Waals surface area contributed by atoms with Crippen LogP contribution in [0, 0.1) is 6.92 Å². The molecule has 124 valence electrons. The van der Waals surface area contributed by atoms with Crippen molar-refractivity contribution < 1.29 is 5.11 Å². The molecule has 5 nitrogen and oxygen atoms in total. The molecule has 4 rings (SSSR count). The maximum atomic E-state index is 9.60. The van der Waals surface area contributed by atoms with Gasteiger partial charge in [0.15, 0.2) is 0 Å². The van der Waals surface area contributed by atoms with Crippen molar-refractivity contribution >= 4 is 17.0 Å². The van der Waals surface area contributed by atoms with Crippen LogP contribution in [0.1, 0.15) is 31.2 Å². The molecule has 0 atom stereocenters. The molecule has 0 bridgehead atoms. The molecule has 0 radical (unpaired) electrons. The Bertz CT molecular complexity index is 849. The Hall–Kier alpha value is -2.40. The van der Waals surface area contributed by atoms with Crippen molar-refractivity contribution in [3.63, 3.8) is 0 Å². The van der Waals surface area contributed by atoms with Gasteiger partial charge < -0.3 is 15.4 Å². The number of anilines is 1.